The summed E-state index contributed by atoms with van der Waals surface area (Å²) in [7, 11) is -4.75. The fourth-order valence-corrected chi connectivity index (χ4v) is 11.8. The first-order chi connectivity index (χ1) is 22.2. The average molecular weight is 652 g/mol. The molecule has 8 aliphatic carbocycles. The Labute approximate surface area is 269 Å². The molecule has 8 aliphatic rings. The third-order valence-corrected chi connectivity index (χ3v) is 12.8. The molecule has 8 saturated carbocycles. The van der Waals surface area contributed by atoms with E-state index in [9.17, 15) is 13.0 Å². The Bertz CT molecular complexity index is 1540. The second kappa shape index (κ2) is 10.9. The highest BCUT2D eigenvalue weighted by molar-refractivity contribution is 7.80. The van der Waals surface area contributed by atoms with Crippen molar-refractivity contribution in [3.63, 3.8) is 0 Å². The largest absolute Gasteiger partial charge is 0.726 e. The van der Waals surface area contributed by atoms with Gasteiger partial charge in [-0.1, -0.05) is 15.6 Å². The van der Waals surface area contributed by atoms with Crippen molar-refractivity contribution >= 4 is 10.4 Å². The molecule has 11 rings (SSSR count). The van der Waals surface area contributed by atoms with Gasteiger partial charge in [-0.2, -0.15) is 0 Å². The van der Waals surface area contributed by atoms with Crippen molar-refractivity contribution in [2.24, 2.45) is 35.5 Å². The molecule has 0 amide bonds. The van der Waals surface area contributed by atoms with Crippen LogP contribution < -0.4 is 0 Å². The summed E-state index contributed by atoms with van der Waals surface area (Å²) in [6, 6.07) is 0. The highest BCUT2D eigenvalue weighted by atomic mass is 32.3. The number of hydrogen-bond donors (Lipinski definition) is 0. The molecule has 14 nitrogen and oxygen atoms in total. The highest BCUT2D eigenvalue weighted by Gasteiger charge is 2.53. The second-order valence-electron chi connectivity index (χ2n) is 15.9. The third-order valence-electron chi connectivity index (χ3n) is 12.4. The van der Waals surface area contributed by atoms with Crippen LogP contribution in [0.5, 0.6) is 0 Å². The maximum Gasteiger partial charge on any atom is 0.217 e. The molecule has 0 atom stereocenters. The van der Waals surface area contributed by atoms with E-state index in [0.29, 0.717) is 25.3 Å². The molecule has 0 unspecified atom stereocenters. The van der Waals surface area contributed by atoms with Gasteiger partial charge in [0.1, 0.15) is 0 Å². The molecule has 3 heterocycles. The topological polar surface area (TPSA) is 162 Å². The Kier molecular flexibility index (Phi) is 6.96. The highest BCUT2D eigenvalue weighted by Crippen LogP contribution is 2.59. The van der Waals surface area contributed by atoms with E-state index in [-0.39, 0.29) is 24.2 Å². The predicted octanol–water partition coefficient (Wildman–Crippen LogP) is 2.99. The second-order valence-corrected chi connectivity index (χ2v) is 17.0. The summed E-state index contributed by atoms with van der Waals surface area (Å²) in [4.78, 5) is 2.25. The van der Waals surface area contributed by atoms with Gasteiger partial charge in [0.15, 0.2) is 0 Å². The summed E-state index contributed by atoms with van der Waals surface area (Å²) in [5.74, 6) is 4.97. The van der Waals surface area contributed by atoms with E-state index in [0.717, 1.165) is 46.9 Å². The maximum atomic E-state index is 10.8. The van der Waals surface area contributed by atoms with Gasteiger partial charge in [-0.3, -0.25) is 9.08 Å². The lowest BCUT2D eigenvalue weighted by atomic mass is 9.53. The van der Waals surface area contributed by atoms with Crippen LogP contribution in [0.4, 0.5) is 0 Å². The summed E-state index contributed by atoms with van der Waals surface area (Å²) >= 11 is 0. The van der Waals surface area contributed by atoms with Crippen molar-refractivity contribution in [2.75, 3.05) is 6.61 Å². The van der Waals surface area contributed by atoms with E-state index in [2.05, 4.69) is 51.3 Å². The van der Waals surface area contributed by atoms with Crippen LogP contribution in [0, 0.1) is 35.5 Å². The number of aromatic nitrogens is 9. The van der Waals surface area contributed by atoms with Crippen LogP contribution in [0.3, 0.4) is 0 Å². The molecule has 8 fully saturated rings. The van der Waals surface area contributed by atoms with Gasteiger partial charge >= 0.3 is 0 Å². The molecule has 0 radical (unpaired) electrons. The quantitative estimate of drug-likeness (QED) is 0.209. The molecular weight excluding hydrogens is 608 g/mol. The zero-order valence-corrected chi connectivity index (χ0v) is 27.0. The smallest absolute Gasteiger partial charge is 0.217 e. The Hall–Kier alpha value is -2.75. The van der Waals surface area contributed by atoms with Crippen LogP contribution in [-0.4, -0.2) is 69.5 Å². The Morgan fingerprint density at radius 1 is 0.674 bits per heavy atom. The number of rotatable bonds is 12. The summed E-state index contributed by atoms with van der Waals surface area (Å²) < 4.78 is 42.7. The van der Waals surface area contributed by atoms with Gasteiger partial charge < -0.3 is 4.55 Å². The van der Waals surface area contributed by atoms with E-state index < -0.39 is 10.4 Å². The van der Waals surface area contributed by atoms with Crippen molar-refractivity contribution in [1.29, 1.82) is 0 Å². The fraction of sp³-hybridized carbons (Fsp3) is 0.806. The lowest BCUT2D eigenvalue weighted by Crippen LogP contribution is -2.52. The molecule has 3 aromatic heterocycles. The first-order valence-electron chi connectivity index (χ1n) is 17.2. The molecule has 0 saturated heterocycles. The molecule has 0 aliphatic heterocycles. The van der Waals surface area contributed by atoms with Crippen LogP contribution >= 0.6 is 0 Å². The van der Waals surface area contributed by atoms with Crippen LogP contribution in [0.25, 0.3) is 0 Å². The van der Waals surface area contributed by atoms with Gasteiger partial charge in [0.2, 0.25) is 10.4 Å². The monoisotopic (exact) mass is 651 g/mol. The lowest BCUT2D eigenvalue weighted by molar-refractivity contribution is -0.0503. The Balaban J connectivity index is 0.936. The van der Waals surface area contributed by atoms with Crippen LogP contribution in [0.2, 0.25) is 0 Å². The molecule has 8 bridgehead atoms. The summed E-state index contributed by atoms with van der Waals surface area (Å²) in [6.45, 7) is 1.43. The molecule has 15 heteroatoms. The van der Waals surface area contributed by atoms with Crippen LogP contribution in [0.15, 0.2) is 18.6 Å². The molecule has 0 aromatic carbocycles. The average Bonchev–Trinajstić information content (AvgIpc) is 3.73. The summed E-state index contributed by atoms with van der Waals surface area (Å²) in [6.07, 6.45) is 21.7. The Morgan fingerprint density at radius 3 is 1.48 bits per heavy atom. The van der Waals surface area contributed by atoms with Gasteiger partial charge in [0.05, 0.1) is 53.7 Å². The van der Waals surface area contributed by atoms with Gasteiger partial charge in [-0.15, -0.1) is 15.3 Å². The van der Waals surface area contributed by atoms with Gasteiger partial charge in [0, 0.05) is 25.8 Å². The third kappa shape index (κ3) is 5.60. The minimum atomic E-state index is -4.75. The van der Waals surface area contributed by atoms with Gasteiger partial charge in [-0.05, 0) is 113 Å². The zero-order chi connectivity index (χ0) is 31.1. The van der Waals surface area contributed by atoms with E-state index in [1.807, 2.05) is 0 Å². The zero-order valence-electron chi connectivity index (χ0n) is 26.2. The van der Waals surface area contributed by atoms with E-state index >= 15 is 0 Å². The van der Waals surface area contributed by atoms with Crippen molar-refractivity contribution < 1.29 is 17.2 Å². The van der Waals surface area contributed by atoms with Crippen molar-refractivity contribution in [3.8, 4) is 0 Å². The molecule has 3 aromatic rings. The molecule has 46 heavy (non-hydrogen) atoms. The number of hydrogen-bond acceptors (Lipinski definition) is 11. The van der Waals surface area contributed by atoms with Crippen molar-refractivity contribution in [2.45, 2.75) is 114 Å². The SMILES string of the molecule is O=S(=O)([O-])OCCn1cc(CN(Cc2cn(C34CC5CC(CC(C5)C3)C4)nn2)Cc2cn(C34CC5CC(CC(C5)C3)C4)nn2)nn1. The molecule has 0 N–H and O–H groups in total. The standard InChI is InChI=1S/C31H44N10O4S/c42-46(43,44)45-2-1-39-18-27(32-35-39)15-38(16-28-19-40(36-33-28)30-9-21-3-22(10-30)5-23(4-21)11-30)17-29-20-41(37-34-29)31-12-24-6-25(13-31)8-26(7-24)14-31/h18-26H,1-17H2,(H,42,43,44)/p-1. The maximum absolute atomic E-state index is 10.8. The number of nitrogens with zero attached hydrogens (tertiary/aromatic N) is 10. The van der Waals surface area contributed by atoms with E-state index in [1.165, 1.54) is 81.7 Å². The normalized spacial score (nSPS) is 36.0. The first kappa shape index (κ1) is 29.4. The van der Waals surface area contributed by atoms with Gasteiger partial charge in [0.25, 0.3) is 0 Å². The first-order valence-corrected chi connectivity index (χ1v) is 18.5. The summed E-state index contributed by atoms with van der Waals surface area (Å²) in [5.41, 5.74) is 2.80. The molecular formula is C31H43N10O4S-. The lowest BCUT2D eigenvalue weighted by Gasteiger charge is -2.56. The van der Waals surface area contributed by atoms with Gasteiger partial charge in [-0.25, -0.2) is 22.5 Å². The fourth-order valence-electron chi connectivity index (χ4n) is 11.5. The Morgan fingerprint density at radius 2 is 1.07 bits per heavy atom. The van der Waals surface area contributed by atoms with Crippen molar-refractivity contribution in [3.05, 3.63) is 35.7 Å². The van der Waals surface area contributed by atoms with E-state index in [1.54, 1.807) is 6.20 Å². The van der Waals surface area contributed by atoms with Crippen LogP contribution in [0.1, 0.15) is 94.1 Å². The summed E-state index contributed by atoms with van der Waals surface area (Å²) in [5, 5.41) is 27.3. The molecule has 248 valence electrons. The van der Waals surface area contributed by atoms with Crippen molar-refractivity contribution in [1.82, 2.24) is 49.9 Å². The molecule has 0 spiro atoms. The van der Waals surface area contributed by atoms with E-state index in [4.69, 9.17) is 10.4 Å². The minimum Gasteiger partial charge on any atom is -0.726 e. The predicted molar refractivity (Wildman–Crippen MR) is 161 cm³/mol. The van der Waals surface area contributed by atoms with Crippen LogP contribution in [-0.2, 0) is 51.8 Å². The minimum absolute atomic E-state index is 0.104.